The number of ketones is 1. The van der Waals surface area contributed by atoms with Gasteiger partial charge in [-0.25, -0.2) is 15.2 Å². The van der Waals surface area contributed by atoms with Gasteiger partial charge in [0, 0.05) is 11.8 Å². The molecule has 86 valence electrons. The van der Waals surface area contributed by atoms with Crippen LogP contribution in [0.25, 0.3) is 0 Å². The SMILES string of the molecule is CC/C(F)=C\N(N)c1ccc(C(C)=O)cn1. The van der Waals surface area contributed by atoms with E-state index in [1.165, 1.54) is 13.1 Å². The van der Waals surface area contributed by atoms with Crippen molar-refractivity contribution in [1.29, 1.82) is 0 Å². The van der Waals surface area contributed by atoms with E-state index in [-0.39, 0.29) is 18.0 Å². The van der Waals surface area contributed by atoms with Crippen LogP contribution in [-0.2, 0) is 0 Å². The molecule has 4 nitrogen and oxygen atoms in total. The van der Waals surface area contributed by atoms with Crippen LogP contribution in [0.3, 0.4) is 0 Å². The number of nitrogens with zero attached hydrogens (tertiary/aromatic N) is 2. The molecule has 0 saturated heterocycles. The van der Waals surface area contributed by atoms with Gasteiger partial charge in [-0.2, -0.15) is 0 Å². The van der Waals surface area contributed by atoms with E-state index in [1.807, 2.05) is 0 Å². The number of anilines is 1. The minimum Gasteiger partial charge on any atom is -0.294 e. The number of aromatic nitrogens is 1. The fourth-order valence-corrected chi connectivity index (χ4v) is 1.06. The lowest BCUT2D eigenvalue weighted by atomic mass is 10.2. The highest BCUT2D eigenvalue weighted by atomic mass is 19.1. The maximum absolute atomic E-state index is 12.9. The second-order valence-corrected chi connectivity index (χ2v) is 3.30. The van der Waals surface area contributed by atoms with Crippen molar-refractivity contribution in [2.75, 3.05) is 5.01 Å². The van der Waals surface area contributed by atoms with Gasteiger partial charge in [0.25, 0.3) is 0 Å². The molecule has 0 radical (unpaired) electrons. The highest BCUT2D eigenvalue weighted by molar-refractivity contribution is 5.93. The largest absolute Gasteiger partial charge is 0.294 e. The van der Waals surface area contributed by atoms with Crippen molar-refractivity contribution in [2.45, 2.75) is 20.3 Å². The lowest BCUT2D eigenvalue weighted by Crippen LogP contribution is -2.25. The third kappa shape index (κ3) is 3.13. The van der Waals surface area contributed by atoms with Crippen LogP contribution in [0.4, 0.5) is 10.2 Å². The molecule has 0 spiro atoms. The summed E-state index contributed by atoms with van der Waals surface area (Å²) in [5.41, 5.74) is 0.497. The number of hydrazine groups is 1. The first-order valence-corrected chi connectivity index (χ1v) is 4.91. The molecule has 16 heavy (non-hydrogen) atoms. The van der Waals surface area contributed by atoms with E-state index in [0.29, 0.717) is 11.4 Å². The van der Waals surface area contributed by atoms with E-state index in [0.717, 1.165) is 11.2 Å². The number of hydrogen-bond donors (Lipinski definition) is 1. The Morgan fingerprint density at radius 2 is 2.31 bits per heavy atom. The first-order chi connectivity index (χ1) is 7.54. The molecule has 0 unspecified atom stereocenters. The van der Waals surface area contributed by atoms with Gasteiger partial charge >= 0.3 is 0 Å². The second kappa shape index (κ2) is 5.37. The predicted octanol–water partition coefficient (Wildman–Crippen LogP) is 2.19. The molecule has 0 aromatic carbocycles. The molecule has 0 aliphatic heterocycles. The predicted molar refractivity (Wildman–Crippen MR) is 60.4 cm³/mol. The summed E-state index contributed by atoms with van der Waals surface area (Å²) in [6.45, 7) is 3.14. The Bertz CT molecular complexity index is 400. The molecule has 0 aliphatic rings. The summed E-state index contributed by atoms with van der Waals surface area (Å²) >= 11 is 0. The molecule has 0 atom stereocenters. The summed E-state index contributed by atoms with van der Waals surface area (Å²) in [5.74, 6) is 5.55. The Morgan fingerprint density at radius 1 is 1.62 bits per heavy atom. The van der Waals surface area contributed by atoms with Crippen LogP contribution >= 0.6 is 0 Å². The zero-order valence-corrected chi connectivity index (χ0v) is 9.27. The Balaban J connectivity index is 2.85. The number of halogens is 1. The maximum atomic E-state index is 12.9. The molecular formula is C11H14FN3O. The van der Waals surface area contributed by atoms with Crippen molar-refractivity contribution >= 4 is 11.6 Å². The standard InChI is InChI=1S/C11H14FN3O/c1-3-10(12)7-15(13)11-5-4-9(6-14-11)8(2)16/h4-7H,3,13H2,1-2H3/b10-7+. The number of Topliss-reactive ketones (excluding diaryl/α,β-unsaturated/α-hetero) is 1. The average molecular weight is 223 g/mol. The monoisotopic (exact) mass is 223 g/mol. The van der Waals surface area contributed by atoms with E-state index in [2.05, 4.69) is 4.98 Å². The van der Waals surface area contributed by atoms with E-state index in [9.17, 15) is 9.18 Å². The molecule has 0 bridgehead atoms. The smallest absolute Gasteiger partial charge is 0.161 e. The number of rotatable bonds is 4. The van der Waals surface area contributed by atoms with Gasteiger partial charge in [-0.05, 0) is 25.5 Å². The maximum Gasteiger partial charge on any atom is 0.161 e. The topological polar surface area (TPSA) is 59.2 Å². The van der Waals surface area contributed by atoms with Crippen molar-refractivity contribution < 1.29 is 9.18 Å². The molecule has 0 saturated carbocycles. The van der Waals surface area contributed by atoms with Gasteiger partial charge in [-0.3, -0.25) is 9.80 Å². The molecule has 5 heteroatoms. The first-order valence-electron chi connectivity index (χ1n) is 4.91. The lowest BCUT2D eigenvalue weighted by Gasteiger charge is -2.12. The van der Waals surface area contributed by atoms with Crippen LogP contribution in [0.5, 0.6) is 0 Å². The van der Waals surface area contributed by atoms with Gasteiger partial charge in [0.15, 0.2) is 5.78 Å². The summed E-state index contributed by atoms with van der Waals surface area (Å²) in [4.78, 5) is 14.9. The summed E-state index contributed by atoms with van der Waals surface area (Å²) in [5, 5.41) is 1.09. The van der Waals surface area contributed by atoms with Gasteiger partial charge in [0.2, 0.25) is 0 Å². The number of hydrogen-bond acceptors (Lipinski definition) is 4. The number of allylic oxidation sites excluding steroid dienone is 1. The quantitative estimate of drug-likeness (QED) is 0.483. The van der Waals surface area contributed by atoms with E-state index in [4.69, 9.17) is 5.84 Å². The van der Waals surface area contributed by atoms with E-state index >= 15 is 0 Å². The summed E-state index contributed by atoms with van der Waals surface area (Å²) in [7, 11) is 0. The third-order valence-corrected chi connectivity index (χ3v) is 2.04. The minimum absolute atomic E-state index is 0.0714. The van der Waals surface area contributed by atoms with Gasteiger partial charge in [-0.15, -0.1) is 0 Å². The van der Waals surface area contributed by atoms with Crippen LogP contribution < -0.4 is 10.9 Å². The molecule has 0 fully saturated rings. The van der Waals surface area contributed by atoms with Crippen LogP contribution in [0.2, 0.25) is 0 Å². The summed E-state index contributed by atoms with van der Waals surface area (Å²) in [6.07, 6.45) is 2.85. The Morgan fingerprint density at radius 3 is 2.75 bits per heavy atom. The van der Waals surface area contributed by atoms with Crippen molar-refractivity contribution in [2.24, 2.45) is 5.84 Å². The highest BCUT2D eigenvalue weighted by Gasteiger charge is 2.04. The third-order valence-electron chi connectivity index (χ3n) is 2.04. The molecule has 0 amide bonds. The van der Waals surface area contributed by atoms with Crippen LogP contribution in [0, 0.1) is 0 Å². The van der Waals surface area contributed by atoms with E-state index in [1.54, 1.807) is 19.1 Å². The molecular weight excluding hydrogens is 209 g/mol. The molecule has 0 aliphatic carbocycles. The number of nitrogens with two attached hydrogens (primary N) is 1. The fraction of sp³-hybridized carbons (Fsp3) is 0.273. The van der Waals surface area contributed by atoms with Crippen molar-refractivity contribution in [3.8, 4) is 0 Å². The highest BCUT2D eigenvalue weighted by Crippen LogP contribution is 2.11. The number of carbonyl (C=O) groups is 1. The Kier molecular flexibility index (Phi) is 4.13. The van der Waals surface area contributed by atoms with Gasteiger partial charge in [0.05, 0.1) is 6.20 Å². The van der Waals surface area contributed by atoms with Gasteiger partial charge in [-0.1, -0.05) is 6.92 Å². The molecule has 2 N–H and O–H groups in total. The molecule has 1 aromatic rings. The summed E-state index contributed by atoms with van der Waals surface area (Å²) < 4.78 is 12.9. The summed E-state index contributed by atoms with van der Waals surface area (Å²) in [6, 6.07) is 3.17. The van der Waals surface area contributed by atoms with Gasteiger partial charge in [0.1, 0.15) is 11.6 Å². The lowest BCUT2D eigenvalue weighted by molar-refractivity contribution is 0.101. The Labute approximate surface area is 93.5 Å². The van der Waals surface area contributed by atoms with Gasteiger partial charge < -0.3 is 0 Å². The van der Waals surface area contributed by atoms with Crippen molar-refractivity contribution in [3.63, 3.8) is 0 Å². The van der Waals surface area contributed by atoms with Crippen molar-refractivity contribution in [3.05, 3.63) is 35.9 Å². The zero-order valence-electron chi connectivity index (χ0n) is 9.27. The van der Waals surface area contributed by atoms with E-state index < -0.39 is 0 Å². The molecule has 1 rings (SSSR count). The number of pyridine rings is 1. The average Bonchev–Trinajstić information content (AvgIpc) is 2.28. The fourth-order valence-electron chi connectivity index (χ4n) is 1.06. The molecule has 1 aromatic heterocycles. The van der Waals surface area contributed by atoms with Crippen LogP contribution in [0.1, 0.15) is 30.6 Å². The van der Waals surface area contributed by atoms with Crippen LogP contribution in [-0.4, -0.2) is 10.8 Å². The molecule has 1 heterocycles. The number of carbonyl (C=O) groups excluding carboxylic acids is 1. The van der Waals surface area contributed by atoms with Crippen LogP contribution in [0.15, 0.2) is 30.4 Å². The Hall–Kier alpha value is -1.75. The first kappa shape index (κ1) is 12.3. The minimum atomic E-state index is -0.333. The normalized spacial score (nSPS) is 11.4. The zero-order chi connectivity index (χ0) is 12.1. The van der Waals surface area contributed by atoms with Crippen molar-refractivity contribution in [1.82, 2.24) is 4.98 Å². The second-order valence-electron chi connectivity index (χ2n) is 3.30.